The first-order valence-corrected chi connectivity index (χ1v) is 7.95. The van der Waals surface area contributed by atoms with Gasteiger partial charge in [-0.1, -0.05) is 0 Å². The summed E-state index contributed by atoms with van der Waals surface area (Å²) in [6, 6.07) is 3.42. The van der Waals surface area contributed by atoms with E-state index in [1.54, 1.807) is 37.2 Å². The van der Waals surface area contributed by atoms with Crippen molar-refractivity contribution in [3.63, 3.8) is 0 Å². The number of methoxy groups -OCH3 is 2. The topological polar surface area (TPSA) is 69.5 Å². The molecule has 1 saturated heterocycles. The lowest BCUT2D eigenvalue weighted by Gasteiger charge is -2.25. The second kappa shape index (κ2) is 6.51. The quantitative estimate of drug-likeness (QED) is 0.859. The monoisotopic (exact) mass is 330 g/mol. The van der Waals surface area contributed by atoms with Crippen LogP contribution in [0.25, 0.3) is 0 Å². The SMILES string of the molecule is COc1ccc(C(=O)N2CCC[C@H]2c2c(C)nn(C)c2OC)cn1. The van der Waals surface area contributed by atoms with Gasteiger partial charge in [0, 0.05) is 25.9 Å². The molecule has 2 aromatic heterocycles. The van der Waals surface area contributed by atoms with E-state index in [1.807, 2.05) is 18.9 Å². The normalized spacial score (nSPS) is 17.2. The standard InChI is InChI=1S/C17H22N4O3/c1-11-15(17(24-4)20(2)19-11)13-6-5-9-21(13)16(22)12-7-8-14(23-3)18-10-12/h7-8,10,13H,5-6,9H2,1-4H3/t13-/m0/s1. The van der Waals surface area contributed by atoms with E-state index in [-0.39, 0.29) is 11.9 Å². The van der Waals surface area contributed by atoms with Gasteiger partial charge in [-0.05, 0) is 25.8 Å². The first kappa shape index (κ1) is 16.3. The molecule has 0 N–H and O–H groups in total. The number of hydrogen-bond acceptors (Lipinski definition) is 5. The molecular weight excluding hydrogens is 308 g/mol. The Labute approximate surface area is 141 Å². The van der Waals surface area contributed by atoms with Crippen LogP contribution in [-0.2, 0) is 7.05 Å². The van der Waals surface area contributed by atoms with Gasteiger partial charge >= 0.3 is 0 Å². The highest BCUT2D eigenvalue weighted by atomic mass is 16.5. The van der Waals surface area contributed by atoms with Gasteiger partial charge in [0.15, 0.2) is 0 Å². The lowest BCUT2D eigenvalue weighted by atomic mass is 10.0. The first-order valence-electron chi connectivity index (χ1n) is 7.95. The van der Waals surface area contributed by atoms with Crippen LogP contribution in [0.2, 0.25) is 0 Å². The van der Waals surface area contributed by atoms with Gasteiger partial charge in [0.2, 0.25) is 11.8 Å². The number of rotatable bonds is 4. The highest BCUT2D eigenvalue weighted by molar-refractivity contribution is 5.94. The molecule has 1 aliphatic rings. The predicted molar refractivity (Wildman–Crippen MR) is 88.3 cm³/mol. The van der Waals surface area contributed by atoms with Crippen LogP contribution in [0.15, 0.2) is 18.3 Å². The van der Waals surface area contributed by atoms with Crippen LogP contribution >= 0.6 is 0 Å². The Bertz CT molecular complexity index is 739. The molecule has 7 nitrogen and oxygen atoms in total. The van der Waals surface area contributed by atoms with Crippen LogP contribution in [0.5, 0.6) is 11.8 Å². The minimum Gasteiger partial charge on any atom is -0.481 e. The van der Waals surface area contributed by atoms with Gasteiger partial charge in [-0.3, -0.25) is 4.79 Å². The summed E-state index contributed by atoms with van der Waals surface area (Å²) >= 11 is 0. The van der Waals surface area contributed by atoms with E-state index in [0.717, 1.165) is 24.1 Å². The van der Waals surface area contributed by atoms with Gasteiger partial charge in [0.05, 0.1) is 37.1 Å². The Morgan fingerprint density at radius 2 is 2.08 bits per heavy atom. The van der Waals surface area contributed by atoms with Gasteiger partial charge in [-0.15, -0.1) is 0 Å². The molecule has 3 rings (SSSR count). The molecule has 1 aliphatic heterocycles. The van der Waals surface area contributed by atoms with Crippen molar-refractivity contribution in [3.05, 3.63) is 35.2 Å². The minimum atomic E-state index is -0.0297. The molecule has 24 heavy (non-hydrogen) atoms. The highest BCUT2D eigenvalue weighted by Gasteiger charge is 2.35. The van der Waals surface area contributed by atoms with E-state index in [2.05, 4.69) is 10.1 Å². The fraction of sp³-hybridized carbons (Fsp3) is 0.471. The van der Waals surface area contributed by atoms with E-state index in [4.69, 9.17) is 9.47 Å². The Kier molecular flexibility index (Phi) is 4.42. The zero-order valence-corrected chi connectivity index (χ0v) is 14.4. The second-order valence-electron chi connectivity index (χ2n) is 5.88. The van der Waals surface area contributed by atoms with Crippen LogP contribution in [-0.4, -0.2) is 46.3 Å². The van der Waals surface area contributed by atoms with Gasteiger partial charge in [0.25, 0.3) is 5.91 Å². The zero-order valence-electron chi connectivity index (χ0n) is 14.4. The minimum absolute atomic E-state index is 0.0248. The van der Waals surface area contributed by atoms with Crippen molar-refractivity contribution in [1.29, 1.82) is 0 Å². The summed E-state index contributed by atoms with van der Waals surface area (Å²) in [5.74, 6) is 1.18. The molecule has 0 aliphatic carbocycles. The molecule has 0 aromatic carbocycles. The maximum atomic E-state index is 12.9. The third-order valence-electron chi connectivity index (χ3n) is 4.45. The fourth-order valence-corrected chi connectivity index (χ4v) is 3.38. The maximum Gasteiger partial charge on any atom is 0.255 e. The summed E-state index contributed by atoms with van der Waals surface area (Å²) in [6.45, 7) is 2.67. The molecule has 128 valence electrons. The summed E-state index contributed by atoms with van der Waals surface area (Å²) < 4.78 is 12.3. The molecule has 0 saturated carbocycles. The van der Waals surface area contributed by atoms with E-state index < -0.39 is 0 Å². The molecule has 0 spiro atoms. The van der Waals surface area contributed by atoms with Crippen molar-refractivity contribution in [2.24, 2.45) is 7.05 Å². The molecule has 0 bridgehead atoms. The van der Waals surface area contributed by atoms with Gasteiger partial charge < -0.3 is 14.4 Å². The average Bonchev–Trinajstić information content (AvgIpc) is 3.17. The number of nitrogens with zero attached hydrogens (tertiary/aromatic N) is 4. The number of pyridine rings is 1. The Hall–Kier alpha value is -2.57. The van der Waals surface area contributed by atoms with E-state index in [1.165, 1.54) is 0 Å². The highest BCUT2D eigenvalue weighted by Crippen LogP contribution is 2.39. The summed E-state index contributed by atoms with van der Waals surface area (Å²) in [7, 11) is 5.04. The number of aromatic nitrogens is 3. The summed E-state index contributed by atoms with van der Waals surface area (Å²) in [6.07, 6.45) is 3.42. The van der Waals surface area contributed by atoms with Crippen molar-refractivity contribution >= 4 is 5.91 Å². The molecule has 1 fully saturated rings. The molecule has 0 unspecified atom stereocenters. The number of amides is 1. The van der Waals surface area contributed by atoms with Gasteiger partial charge in [0.1, 0.15) is 0 Å². The van der Waals surface area contributed by atoms with Crippen LogP contribution < -0.4 is 9.47 Å². The lowest BCUT2D eigenvalue weighted by molar-refractivity contribution is 0.0733. The van der Waals surface area contributed by atoms with Gasteiger partial charge in [-0.25, -0.2) is 9.67 Å². The average molecular weight is 330 g/mol. The van der Waals surface area contributed by atoms with Crippen LogP contribution in [0.3, 0.4) is 0 Å². The number of carbonyl (C=O) groups is 1. The van der Waals surface area contributed by atoms with Crippen molar-refractivity contribution in [2.75, 3.05) is 20.8 Å². The van der Waals surface area contributed by atoms with Crippen LogP contribution in [0.4, 0.5) is 0 Å². The Balaban J connectivity index is 1.91. The molecule has 1 atom stereocenters. The predicted octanol–water partition coefficient (Wildman–Crippen LogP) is 2.12. The number of likely N-dealkylation sites (tertiary alicyclic amines) is 1. The van der Waals surface area contributed by atoms with E-state index in [9.17, 15) is 4.79 Å². The van der Waals surface area contributed by atoms with E-state index >= 15 is 0 Å². The van der Waals surface area contributed by atoms with Crippen molar-refractivity contribution in [3.8, 4) is 11.8 Å². The third kappa shape index (κ3) is 2.70. The lowest BCUT2D eigenvalue weighted by Crippen LogP contribution is -2.31. The smallest absolute Gasteiger partial charge is 0.255 e. The van der Waals surface area contributed by atoms with Crippen molar-refractivity contribution in [2.45, 2.75) is 25.8 Å². The zero-order chi connectivity index (χ0) is 17.3. The summed E-state index contributed by atoms with van der Waals surface area (Å²) in [5.41, 5.74) is 2.45. The van der Waals surface area contributed by atoms with Gasteiger partial charge in [-0.2, -0.15) is 5.10 Å². The van der Waals surface area contributed by atoms with Crippen molar-refractivity contribution < 1.29 is 14.3 Å². The molecular formula is C17H22N4O3. The maximum absolute atomic E-state index is 12.9. The molecule has 7 heteroatoms. The summed E-state index contributed by atoms with van der Waals surface area (Å²) in [5, 5.41) is 4.44. The third-order valence-corrected chi connectivity index (χ3v) is 4.45. The van der Waals surface area contributed by atoms with E-state index in [0.29, 0.717) is 23.9 Å². The van der Waals surface area contributed by atoms with Crippen LogP contribution in [0, 0.1) is 6.92 Å². The Morgan fingerprint density at radius 3 is 2.71 bits per heavy atom. The number of hydrogen-bond donors (Lipinski definition) is 0. The molecule has 1 amide bonds. The van der Waals surface area contributed by atoms with Crippen LogP contribution in [0.1, 0.15) is 40.5 Å². The summed E-state index contributed by atoms with van der Waals surface area (Å²) in [4.78, 5) is 18.9. The molecule has 0 radical (unpaired) electrons. The fourth-order valence-electron chi connectivity index (χ4n) is 3.38. The number of aryl methyl sites for hydroxylation is 2. The molecule has 3 heterocycles. The number of carbonyl (C=O) groups excluding carboxylic acids is 1. The first-order chi connectivity index (χ1) is 11.6. The molecule has 2 aromatic rings. The largest absolute Gasteiger partial charge is 0.481 e. The van der Waals surface area contributed by atoms with Crippen molar-refractivity contribution in [1.82, 2.24) is 19.7 Å². The number of ether oxygens (including phenoxy) is 2. The second-order valence-corrected chi connectivity index (χ2v) is 5.88. The Morgan fingerprint density at radius 1 is 1.29 bits per heavy atom.